The van der Waals surface area contributed by atoms with Crippen LogP contribution in [0.3, 0.4) is 0 Å². The Labute approximate surface area is 162 Å². The highest BCUT2D eigenvalue weighted by Crippen LogP contribution is 2.27. The molecule has 3 aromatic rings. The number of likely N-dealkylation sites (tertiary alicyclic amines) is 1. The molecule has 0 saturated carbocycles. The van der Waals surface area contributed by atoms with Crippen molar-refractivity contribution in [3.8, 4) is 5.69 Å². The van der Waals surface area contributed by atoms with Crippen LogP contribution in [0.4, 0.5) is 0 Å². The average molecular weight is 378 g/mol. The number of para-hydroxylation sites is 1. The molecule has 3 heterocycles. The van der Waals surface area contributed by atoms with Gasteiger partial charge >= 0.3 is 5.69 Å². The molecule has 0 unspecified atom stereocenters. The van der Waals surface area contributed by atoms with E-state index < -0.39 is 0 Å². The van der Waals surface area contributed by atoms with E-state index in [0.717, 1.165) is 24.4 Å². The van der Waals surface area contributed by atoms with Crippen molar-refractivity contribution in [3.05, 3.63) is 76.9 Å². The molecule has 1 saturated heterocycles. The van der Waals surface area contributed by atoms with E-state index in [4.69, 9.17) is 4.42 Å². The second kappa shape index (κ2) is 7.72. The highest BCUT2D eigenvalue weighted by atomic mass is 16.3. The molecule has 1 aliphatic rings. The van der Waals surface area contributed by atoms with Gasteiger partial charge in [0, 0.05) is 32.1 Å². The minimum Gasteiger partial charge on any atom is -0.465 e. The fraction of sp³-hybridized carbons (Fsp3) is 0.286. The number of rotatable bonds is 4. The molecular weight excluding hydrogens is 356 g/mol. The molecule has 28 heavy (non-hydrogen) atoms. The zero-order valence-corrected chi connectivity index (χ0v) is 15.7. The second-order valence-corrected chi connectivity index (χ2v) is 6.88. The van der Waals surface area contributed by atoms with Gasteiger partial charge in [0.15, 0.2) is 0 Å². The van der Waals surface area contributed by atoms with Gasteiger partial charge in [-0.05, 0) is 43.2 Å². The highest BCUT2D eigenvalue weighted by molar-refractivity contribution is 5.91. The van der Waals surface area contributed by atoms with Gasteiger partial charge in [0.1, 0.15) is 11.6 Å². The Morgan fingerprint density at radius 2 is 1.89 bits per heavy atom. The number of furan rings is 1. The van der Waals surface area contributed by atoms with Gasteiger partial charge in [-0.1, -0.05) is 18.2 Å². The first-order valence-corrected chi connectivity index (χ1v) is 9.35. The number of nitrogens with zero attached hydrogens (tertiary/aromatic N) is 4. The zero-order valence-electron chi connectivity index (χ0n) is 15.7. The van der Waals surface area contributed by atoms with Crippen LogP contribution in [0.15, 0.2) is 64.0 Å². The lowest BCUT2D eigenvalue weighted by atomic mass is 9.95. The van der Waals surface area contributed by atoms with Crippen molar-refractivity contribution in [3.63, 3.8) is 0 Å². The molecule has 0 spiro atoms. The van der Waals surface area contributed by atoms with Crippen LogP contribution in [-0.4, -0.2) is 38.2 Å². The standard InChI is InChI=1S/C21H22N4O3/c1-23-21(27)25(17-6-3-2-4-7-17)20(22-23)16-11-13-24(14-12-16)19(26)10-9-18-8-5-15-28-18/h2-10,15-16H,11-14H2,1H3/b10-9+. The molecule has 1 aliphatic heterocycles. The van der Waals surface area contributed by atoms with Gasteiger partial charge < -0.3 is 9.32 Å². The van der Waals surface area contributed by atoms with Crippen molar-refractivity contribution in [2.45, 2.75) is 18.8 Å². The second-order valence-electron chi connectivity index (χ2n) is 6.88. The predicted octanol–water partition coefficient (Wildman–Crippen LogP) is 2.58. The maximum Gasteiger partial charge on any atom is 0.350 e. The molecule has 4 rings (SSSR count). The minimum atomic E-state index is -0.152. The summed E-state index contributed by atoms with van der Waals surface area (Å²) in [5, 5.41) is 4.49. The summed E-state index contributed by atoms with van der Waals surface area (Å²) >= 11 is 0. The van der Waals surface area contributed by atoms with Crippen LogP contribution in [0.1, 0.15) is 30.3 Å². The van der Waals surface area contributed by atoms with Crippen LogP contribution >= 0.6 is 0 Å². The van der Waals surface area contributed by atoms with Crippen molar-refractivity contribution < 1.29 is 9.21 Å². The van der Waals surface area contributed by atoms with Crippen LogP contribution in [0.5, 0.6) is 0 Å². The number of carbonyl (C=O) groups is 1. The predicted molar refractivity (Wildman–Crippen MR) is 105 cm³/mol. The Bertz CT molecular complexity index is 1020. The van der Waals surface area contributed by atoms with Crippen molar-refractivity contribution in [1.82, 2.24) is 19.2 Å². The number of hydrogen-bond donors (Lipinski definition) is 0. The summed E-state index contributed by atoms with van der Waals surface area (Å²) in [6.45, 7) is 1.26. The van der Waals surface area contributed by atoms with E-state index in [1.54, 1.807) is 42.2 Å². The third-order valence-corrected chi connectivity index (χ3v) is 5.07. The van der Waals surface area contributed by atoms with E-state index in [1.807, 2.05) is 35.2 Å². The minimum absolute atomic E-state index is 0.0312. The molecule has 2 aromatic heterocycles. The fourth-order valence-electron chi connectivity index (χ4n) is 3.57. The van der Waals surface area contributed by atoms with Crippen molar-refractivity contribution in [2.24, 2.45) is 7.05 Å². The Hall–Kier alpha value is -3.35. The average Bonchev–Trinajstić information content (AvgIpc) is 3.35. The van der Waals surface area contributed by atoms with E-state index in [9.17, 15) is 9.59 Å². The quantitative estimate of drug-likeness (QED) is 0.654. The molecule has 144 valence electrons. The molecule has 1 amide bonds. The van der Waals surface area contributed by atoms with Crippen LogP contribution < -0.4 is 5.69 Å². The summed E-state index contributed by atoms with van der Waals surface area (Å²) in [5.41, 5.74) is 0.663. The number of hydrogen-bond acceptors (Lipinski definition) is 4. The third-order valence-electron chi connectivity index (χ3n) is 5.07. The first kappa shape index (κ1) is 18.0. The smallest absolute Gasteiger partial charge is 0.350 e. The summed E-state index contributed by atoms with van der Waals surface area (Å²) in [4.78, 5) is 26.8. The molecule has 1 fully saturated rings. The van der Waals surface area contributed by atoms with E-state index >= 15 is 0 Å². The number of benzene rings is 1. The topological polar surface area (TPSA) is 73.3 Å². The third kappa shape index (κ3) is 3.55. The van der Waals surface area contributed by atoms with Crippen LogP contribution in [-0.2, 0) is 11.8 Å². The first-order chi connectivity index (χ1) is 13.6. The Balaban J connectivity index is 1.48. The molecule has 0 atom stereocenters. The molecule has 7 heteroatoms. The van der Waals surface area contributed by atoms with Crippen LogP contribution in [0.2, 0.25) is 0 Å². The van der Waals surface area contributed by atoms with Gasteiger partial charge in [0.25, 0.3) is 0 Å². The van der Waals surface area contributed by atoms with Gasteiger partial charge in [-0.25, -0.2) is 14.0 Å². The zero-order chi connectivity index (χ0) is 19.5. The normalized spacial score (nSPS) is 15.4. The monoisotopic (exact) mass is 378 g/mol. The maximum atomic E-state index is 12.6. The molecule has 0 bridgehead atoms. The van der Waals surface area contributed by atoms with Crippen molar-refractivity contribution in [1.29, 1.82) is 0 Å². The Kier molecular flexibility index (Phi) is 4.97. The van der Waals surface area contributed by atoms with E-state index in [2.05, 4.69) is 5.10 Å². The summed E-state index contributed by atoms with van der Waals surface area (Å²) in [5.74, 6) is 1.52. The van der Waals surface area contributed by atoms with Crippen molar-refractivity contribution in [2.75, 3.05) is 13.1 Å². The number of piperidine rings is 1. The fourth-order valence-corrected chi connectivity index (χ4v) is 3.57. The highest BCUT2D eigenvalue weighted by Gasteiger charge is 2.28. The molecule has 0 radical (unpaired) electrons. The van der Waals surface area contributed by atoms with Gasteiger partial charge in [0.2, 0.25) is 5.91 Å². The van der Waals surface area contributed by atoms with Gasteiger partial charge in [-0.3, -0.25) is 4.79 Å². The summed E-state index contributed by atoms with van der Waals surface area (Å²) in [6.07, 6.45) is 6.34. The van der Waals surface area contributed by atoms with E-state index in [-0.39, 0.29) is 17.5 Å². The van der Waals surface area contributed by atoms with Crippen LogP contribution in [0.25, 0.3) is 11.8 Å². The summed E-state index contributed by atoms with van der Waals surface area (Å²) < 4.78 is 8.27. The SMILES string of the molecule is Cn1nc(C2CCN(C(=O)/C=C/c3ccco3)CC2)n(-c2ccccc2)c1=O. The maximum absolute atomic E-state index is 12.6. The summed E-state index contributed by atoms with van der Waals surface area (Å²) in [6, 6.07) is 13.1. The van der Waals surface area contributed by atoms with E-state index in [0.29, 0.717) is 18.8 Å². The number of amides is 1. The molecular formula is C21H22N4O3. The molecule has 0 N–H and O–H groups in total. The van der Waals surface area contributed by atoms with Gasteiger partial charge in [-0.2, -0.15) is 5.10 Å². The van der Waals surface area contributed by atoms with Gasteiger partial charge in [-0.15, -0.1) is 0 Å². The summed E-state index contributed by atoms with van der Waals surface area (Å²) in [7, 11) is 1.67. The molecule has 1 aromatic carbocycles. The Morgan fingerprint density at radius 3 is 2.57 bits per heavy atom. The lowest BCUT2D eigenvalue weighted by Crippen LogP contribution is -2.37. The van der Waals surface area contributed by atoms with Gasteiger partial charge in [0.05, 0.1) is 12.0 Å². The molecule has 7 nitrogen and oxygen atoms in total. The van der Waals surface area contributed by atoms with E-state index in [1.165, 1.54) is 4.68 Å². The number of aromatic nitrogens is 3. The number of carbonyl (C=O) groups excluding carboxylic acids is 1. The van der Waals surface area contributed by atoms with Crippen LogP contribution in [0, 0.1) is 0 Å². The Morgan fingerprint density at radius 1 is 1.14 bits per heavy atom. The lowest BCUT2D eigenvalue weighted by Gasteiger charge is -2.30. The lowest BCUT2D eigenvalue weighted by molar-refractivity contribution is -0.127. The largest absolute Gasteiger partial charge is 0.465 e. The first-order valence-electron chi connectivity index (χ1n) is 9.35. The molecule has 0 aliphatic carbocycles. The van der Waals surface area contributed by atoms with Crippen molar-refractivity contribution >= 4 is 12.0 Å². The number of aryl methyl sites for hydroxylation is 1.